The van der Waals surface area contributed by atoms with Crippen molar-refractivity contribution in [3.05, 3.63) is 94.4 Å². The molecule has 0 bridgehead atoms. The lowest BCUT2D eigenvalue weighted by Gasteiger charge is -2.20. The number of nitrogens with two attached hydrogens (primary N) is 1. The van der Waals surface area contributed by atoms with Crippen LogP contribution in [0.15, 0.2) is 71.9 Å². The second-order valence-electron chi connectivity index (χ2n) is 7.98. The van der Waals surface area contributed by atoms with Gasteiger partial charge in [-0.1, -0.05) is 37.3 Å². The second kappa shape index (κ2) is 8.43. The minimum atomic E-state index is -0.605. The molecule has 1 atom stereocenters. The number of nitrogens with one attached hydrogen (secondary N) is 1. The van der Waals surface area contributed by atoms with Crippen molar-refractivity contribution in [2.45, 2.75) is 26.3 Å². The van der Waals surface area contributed by atoms with Gasteiger partial charge in [0.1, 0.15) is 17.7 Å². The van der Waals surface area contributed by atoms with Crippen molar-refractivity contribution in [2.75, 3.05) is 5.73 Å². The summed E-state index contributed by atoms with van der Waals surface area (Å²) in [6, 6.07) is 16.0. The van der Waals surface area contributed by atoms with E-state index in [1.54, 1.807) is 23.8 Å². The van der Waals surface area contributed by atoms with Gasteiger partial charge in [0.2, 0.25) is 0 Å². The monoisotopic (exact) mass is 453 g/mol. The van der Waals surface area contributed by atoms with E-state index in [0.29, 0.717) is 34.4 Å². The van der Waals surface area contributed by atoms with Crippen molar-refractivity contribution < 1.29 is 4.79 Å². The average Bonchev–Trinajstić information content (AvgIpc) is 3.19. The molecule has 0 fully saturated rings. The van der Waals surface area contributed by atoms with Crippen molar-refractivity contribution in [2.24, 2.45) is 0 Å². The van der Waals surface area contributed by atoms with Gasteiger partial charge in [0.25, 0.3) is 11.5 Å². The number of rotatable bonds is 5. The van der Waals surface area contributed by atoms with Crippen LogP contribution in [0, 0.1) is 0 Å². The van der Waals surface area contributed by atoms with E-state index in [-0.39, 0.29) is 16.9 Å². The highest BCUT2D eigenvalue weighted by Crippen LogP contribution is 2.22. The van der Waals surface area contributed by atoms with Gasteiger partial charge in [0, 0.05) is 6.20 Å². The Morgan fingerprint density at radius 1 is 1.12 bits per heavy atom. The number of para-hydroxylation sites is 1. The van der Waals surface area contributed by atoms with E-state index in [4.69, 9.17) is 10.7 Å². The number of anilines is 1. The number of carbonyl (C=O) groups excluding carboxylic acids is 1. The molecule has 0 spiro atoms. The highest BCUT2D eigenvalue weighted by Gasteiger charge is 2.24. The van der Waals surface area contributed by atoms with Gasteiger partial charge in [-0.15, -0.1) is 5.10 Å². The molecular weight excluding hydrogens is 430 g/mol. The fourth-order valence-electron chi connectivity index (χ4n) is 4.22. The number of carbonyl (C=O) groups is 1. The van der Waals surface area contributed by atoms with Crippen LogP contribution >= 0.6 is 0 Å². The van der Waals surface area contributed by atoms with Gasteiger partial charge in [0.05, 0.1) is 28.1 Å². The first-order chi connectivity index (χ1) is 16.5. The number of nitrogens with zero attached hydrogens (tertiary/aromatic N) is 5. The number of amides is 1. The number of hydrogen-bond donors (Lipinski definition) is 2. The largest absolute Gasteiger partial charge is 0.382 e. The number of aryl methyl sites for hydroxylation is 1. The molecule has 5 aromatic rings. The van der Waals surface area contributed by atoms with Crippen LogP contribution in [0.3, 0.4) is 0 Å². The number of nitrogen functional groups attached to an aromatic ring is 1. The zero-order chi connectivity index (χ0) is 23.8. The lowest BCUT2D eigenvalue weighted by molar-refractivity contribution is 0.0940. The maximum Gasteiger partial charge on any atom is 0.266 e. The Morgan fingerprint density at radius 2 is 1.91 bits per heavy atom. The molecule has 0 radical (unpaired) electrons. The summed E-state index contributed by atoms with van der Waals surface area (Å²) in [4.78, 5) is 35.8. The fraction of sp³-hybridized carbons (Fsp3) is 0.160. The predicted octanol–water partition coefficient (Wildman–Crippen LogP) is 3.06. The average molecular weight is 454 g/mol. The summed E-state index contributed by atoms with van der Waals surface area (Å²) in [6.45, 7) is 3.80. The normalized spacial score (nSPS) is 12.2. The van der Waals surface area contributed by atoms with Crippen molar-refractivity contribution in [1.82, 2.24) is 29.5 Å². The number of fused-ring (bicyclic) bond motifs is 2. The SMILES string of the molecule is CCc1cccc2nc([C@H](C)NC(=O)c3c(N)nn4cnccc34)n(-c3ccccc3)c(=O)c12. The summed E-state index contributed by atoms with van der Waals surface area (Å²) in [6.07, 6.45) is 3.76. The Kier molecular flexibility index (Phi) is 5.29. The summed E-state index contributed by atoms with van der Waals surface area (Å²) in [7, 11) is 0. The molecule has 0 aliphatic heterocycles. The highest BCUT2D eigenvalue weighted by atomic mass is 16.2. The van der Waals surface area contributed by atoms with E-state index in [2.05, 4.69) is 15.4 Å². The minimum absolute atomic E-state index is 0.0946. The summed E-state index contributed by atoms with van der Waals surface area (Å²) in [5.41, 5.74) is 8.83. The van der Waals surface area contributed by atoms with Crippen LogP contribution < -0.4 is 16.6 Å². The van der Waals surface area contributed by atoms with Crippen LogP contribution in [0.1, 0.15) is 41.6 Å². The van der Waals surface area contributed by atoms with E-state index < -0.39 is 11.9 Å². The van der Waals surface area contributed by atoms with Gasteiger partial charge in [0.15, 0.2) is 5.82 Å². The molecule has 0 unspecified atom stereocenters. The molecule has 34 heavy (non-hydrogen) atoms. The first-order valence-electron chi connectivity index (χ1n) is 11.0. The van der Waals surface area contributed by atoms with Crippen molar-refractivity contribution in [1.29, 1.82) is 0 Å². The molecule has 3 N–H and O–H groups in total. The smallest absolute Gasteiger partial charge is 0.266 e. The summed E-state index contributed by atoms with van der Waals surface area (Å²) < 4.78 is 3.02. The van der Waals surface area contributed by atoms with E-state index in [0.717, 1.165) is 5.56 Å². The van der Waals surface area contributed by atoms with E-state index in [9.17, 15) is 9.59 Å². The molecule has 9 heteroatoms. The summed E-state index contributed by atoms with van der Waals surface area (Å²) in [5.74, 6) is 0.0988. The molecule has 0 saturated heterocycles. The van der Waals surface area contributed by atoms with Crippen LogP contribution in [-0.2, 0) is 6.42 Å². The molecule has 0 aliphatic rings. The van der Waals surface area contributed by atoms with E-state index in [1.807, 2.05) is 55.5 Å². The number of hydrogen-bond acceptors (Lipinski definition) is 6. The zero-order valence-corrected chi connectivity index (χ0v) is 18.8. The number of benzene rings is 2. The fourth-order valence-corrected chi connectivity index (χ4v) is 4.22. The van der Waals surface area contributed by atoms with E-state index >= 15 is 0 Å². The molecule has 0 saturated carbocycles. The summed E-state index contributed by atoms with van der Waals surface area (Å²) in [5, 5.41) is 7.68. The molecule has 3 heterocycles. The van der Waals surface area contributed by atoms with Gasteiger partial charge in [-0.05, 0) is 43.2 Å². The molecule has 3 aromatic heterocycles. The Labute approximate surface area is 194 Å². The molecule has 9 nitrogen and oxygen atoms in total. The Bertz CT molecular complexity index is 1590. The number of aromatic nitrogens is 5. The van der Waals surface area contributed by atoms with Crippen molar-refractivity contribution in [3.63, 3.8) is 0 Å². The maximum atomic E-state index is 13.7. The molecule has 1 amide bonds. The molecular formula is C25H23N7O2. The predicted molar refractivity (Wildman–Crippen MR) is 130 cm³/mol. The molecule has 2 aromatic carbocycles. The second-order valence-corrected chi connectivity index (χ2v) is 7.98. The van der Waals surface area contributed by atoms with Crippen LogP contribution in [-0.4, -0.2) is 30.1 Å². The standard InChI is InChI=1S/C25H23N7O2/c1-3-16-8-7-11-18-20(16)25(34)32(17-9-5-4-6-10-17)23(29-18)15(2)28-24(33)21-19-12-13-27-14-31(19)30-22(21)26/h4-15H,3H2,1-2H3,(H2,26,30)(H,28,33)/t15-/m0/s1. The highest BCUT2D eigenvalue weighted by molar-refractivity contribution is 6.05. The lowest BCUT2D eigenvalue weighted by Crippen LogP contribution is -2.33. The summed E-state index contributed by atoms with van der Waals surface area (Å²) >= 11 is 0. The molecule has 0 aliphatic carbocycles. The van der Waals surface area contributed by atoms with Gasteiger partial charge in [-0.3, -0.25) is 14.2 Å². The van der Waals surface area contributed by atoms with Crippen LogP contribution in [0.2, 0.25) is 0 Å². The third kappa shape index (κ3) is 3.47. The van der Waals surface area contributed by atoms with Crippen molar-refractivity contribution >= 4 is 28.1 Å². The minimum Gasteiger partial charge on any atom is -0.382 e. The third-order valence-corrected chi connectivity index (χ3v) is 5.84. The maximum absolute atomic E-state index is 13.7. The lowest BCUT2D eigenvalue weighted by atomic mass is 10.1. The Hall–Kier alpha value is -4.53. The van der Waals surface area contributed by atoms with Crippen LogP contribution in [0.4, 0.5) is 5.82 Å². The molecule has 170 valence electrons. The van der Waals surface area contributed by atoms with Gasteiger partial charge in [-0.25, -0.2) is 14.5 Å². The first kappa shape index (κ1) is 21.3. The van der Waals surface area contributed by atoms with Gasteiger partial charge >= 0.3 is 0 Å². The van der Waals surface area contributed by atoms with Crippen molar-refractivity contribution in [3.8, 4) is 5.69 Å². The quantitative estimate of drug-likeness (QED) is 0.422. The topological polar surface area (TPSA) is 120 Å². The Morgan fingerprint density at radius 3 is 2.68 bits per heavy atom. The first-order valence-corrected chi connectivity index (χ1v) is 11.0. The molecule has 5 rings (SSSR count). The zero-order valence-electron chi connectivity index (χ0n) is 18.8. The van der Waals surface area contributed by atoms with E-state index in [1.165, 1.54) is 10.8 Å². The van der Waals surface area contributed by atoms with Crippen LogP contribution in [0.25, 0.3) is 22.1 Å². The van der Waals surface area contributed by atoms with Gasteiger partial charge < -0.3 is 11.1 Å². The third-order valence-electron chi connectivity index (χ3n) is 5.84. The van der Waals surface area contributed by atoms with Crippen LogP contribution in [0.5, 0.6) is 0 Å². The van der Waals surface area contributed by atoms with Gasteiger partial charge in [-0.2, -0.15) is 0 Å². The Balaban J connectivity index is 1.64.